The Morgan fingerprint density at radius 1 is 1.29 bits per heavy atom. The number of hydrogen-bond donors (Lipinski definition) is 2. The van der Waals surface area contributed by atoms with E-state index in [2.05, 4.69) is 26.3 Å². The van der Waals surface area contributed by atoms with E-state index in [9.17, 15) is 0 Å². The summed E-state index contributed by atoms with van der Waals surface area (Å²) < 4.78 is 6.28. The summed E-state index contributed by atoms with van der Waals surface area (Å²) >= 11 is 5.31. The van der Waals surface area contributed by atoms with Crippen LogP contribution < -0.4 is 15.0 Å². The zero-order valence-electron chi connectivity index (χ0n) is 11.6. The number of ether oxygens (including phenoxy) is 1. The van der Waals surface area contributed by atoms with E-state index in [0.717, 1.165) is 43.3 Å². The molecule has 2 aliphatic rings. The van der Waals surface area contributed by atoms with Crippen LogP contribution in [0.15, 0.2) is 24.3 Å². The first-order chi connectivity index (χ1) is 10.3. The number of anilines is 2. The summed E-state index contributed by atoms with van der Waals surface area (Å²) in [4.78, 5) is 10.1. The second-order valence-electron chi connectivity index (χ2n) is 5.22. The SMILES string of the molecule is S=c1nc(N2CCOc3ccccc32)c2c([nH]1)CCNC2. The number of aromatic nitrogens is 2. The molecule has 0 saturated heterocycles. The van der Waals surface area contributed by atoms with E-state index in [1.807, 2.05) is 18.2 Å². The molecule has 0 saturated carbocycles. The van der Waals surface area contributed by atoms with Gasteiger partial charge in [-0.15, -0.1) is 0 Å². The van der Waals surface area contributed by atoms with Gasteiger partial charge in [0.15, 0.2) is 4.77 Å². The maximum atomic E-state index is 5.73. The summed E-state index contributed by atoms with van der Waals surface area (Å²) in [5.41, 5.74) is 3.48. The first-order valence-corrected chi connectivity index (χ1v) is 7.56. The fraction of sp³-hybridized carbons (Fsp3) is 0.333. The van der Waals surface area contributed by atoms with Gasteiger partial charge in [-0.25, -0.2) is 4.98 Å². The van der Waals surface area contributed by atoms with Crippen molar-refractivity contribution in [2.75, 3.05) is 24.6 Å². The fourth-order valence-corrected chi connectivity index (χ4v) is 3.18. The number of nitrogens with one attached hydrogen (secondary N) is 2. The minimum atomic E-state index is 0.551. The van der Waals surface area contributed by atoms with Gasteiger partial charge in [0.1, 0.15) is 18.2 Å². The largest absolute Gasteiger partial charge is 0.490 e. The van der Waals surface area contributed by atoms with Crippen molar-refractivity contribution in [1.29, 1.82) is 0 Å². The van der Waals surface area contributed by atoms with E-state index in [4.69, 9.17) is 17.0 Å². The molecule has 0 amide bonds. The van der Waals surface area contributed by atoms with Crippen LogP contribution in [0.5, 0.6) is 5.75 Å². The van der Waals surface area contributed by atoms with Gasteiger partial charge in [0.05, 0.1) is 12.2 Å². The van der Waals surface area contributed by atoms with Gasteiger partial charge in [0, 0.05) is 30.8 Å². The maximum Gasteiger partial charge on any atom is 0.198 e. The van der Waals surface area contributed by atoms with Gasteiger partial charge in [-0.3, -0.25) is 0 Å². The molecule has 5 nitrogen and oxygen atoms in total. The van der Waals surface area contributed by atoms with Crippen LogP contribution in [-0.4, -0.2) is 29.7 Å². The Balaban J connectivity index is 1.88. The summed E-state index contributed by atoms with van der Waals surface area (Å²) in [5, 5.41) is 3.41. The van der Waals surface area contributed by atoms with Gasteiger partial charge < -0.3 is 19.9 Å². The quantitative estimate of drug-likeness (QED) is 0.792. The number of aromatic amines is 1. The predicted molar refractivity (Wildman–Crippen MR) is 83.8 cm³/mol. The molecule has 0 fully saturated rings. The molecule has 0 atom stereocenters. The van der Waals surface area contributed by atoms with E-state index in [-0.39, 0.29) is 0 Å². The topological polar surface area (TPSA) is 53.2 Å². The van der Waals surface area contributed by atoms with E-state index in [0.29, 0.717) is 11.4 Å². The number of para-hydroxylation sites is 2. The number of H-pyrrole nitrogens is 1. The lowest BCUT2D eigenvalue weighted by molar-refractivity contribution is 0.313. The van der Waals surface area contributed by atoms with Crippen molar-refractivity contribution in [2.24, 2.45) is 0 Å². The molecule has 0 unspecified atom stereocenters. The number of nitrogens with zero attached hydrogens (tertiary/aromatic N) is 2. The van der Waals surface area contributed by atoms with Gasteiger partial charge in [0.25, 0.3) is 0 Å². The first kappa shape index (κ1) is 12.8. The van der Waals surface area contributed by atoms with Crippen LogP contribution >= 0.6 is 12.2 Å². The Labute approximate surface area is 128 Å². The van der Waals surface area contributed by atoms with Crippen molar-refractivity contribution in [1.82, 2.24) is 15.3 Å². The van der Waals surface area contributed by atoms with Gasteiger partial charge in [-0.2, -0.15) is 0 Å². The number of benzene rings is 1. The third kappa shape index (κ3) is 2.20. The maximum absolute atomic E-state index is 5.73. The van der Waals surface area contributed by atoms with Crippen molar-refractivity contribution in [3.8, 4) is 5.75 Å². The van der Waals surface area contributed by atoms with Crippen LogP contribution in [0.25, 0.3) is 0 Å². The lowest BCUT2D eigenvalue weighted by Gasteiger charge is -2.33. The second kappa shape index (κ2) is 5.13. The monoisotopic (exact) mass is 300 g/mol. The summed E-state index contributed by atoms with van der Waals surface area (Å²) in [6.45, 7) is 3.24. The zero-order valence-corrected chi connectivity index (χ0v) is 12.4. The standard InChI is InChI=1S/C15H16N4OS/c21-15-17-11-5-6-16-9-10(11)14(18-15)19-7-8-20-13-4-2-1-3-12(13)19/h1-4,16H,5-9H2,(H,17,18,21). The molecule has 4 rings (SSSR count). The smallest absolute Gasteiger partial charge is 0.198 e. The van der Waals surface area contributed by atoms with Crippen LogP contribution in [-0.2, 0) is 13.0 Å². The van der Waals surface area contributed by atoms with Crippen molar-refractivity contribution >= 4 is 23.7 Å². The minimum absolute atomic E-state index is 0.551. The Hall–Kier alpha value is -1.92. The molecule has 21 heavy (non-hydrogen) atoms. The van der Waals surface area contributed by atoms with Crippen molar-refractivity contribution in [2.45, 2.75) is 13.0 Å². The normalized spacial score (nSPS) is 16.9. The van der Waals surface area contributed by atoms with Crippen molar-refractivity contribution in [3.05, 3.63) is 40.3 Å². The van der Waals surface area contributed by atoms with Gasteiger partial charge in [-0.05, 0) is 24.4 Å². The van der Waals surface area contributed by atoms with E-state index >= 15 is 0 Å². The van der Waals surface area contributed by atoms with E-state index in [1.165, 1.54) is 11.3 Å². The average Bonchev–Trinajstić information content (AvgIpc) is 2.53. The molecule has 2 N–H and O–H groups in total. The van der Waals surface area contributed by atoms with Crippen molar-refractivity contribution in [3.63, 3.8) is 0 Å². The zero-order chi connectivity index (χ0) is 14.2. The molecular formula is C15H16N4OS. The number of hydrogen-bond acceptors (Lipinski definition) is 5. The van der Waals surface area contributed by atoms with Crippen LogP contribution in [0.4, 0.5) is 11.5 Å². The highest BCUT2D eigenvalue weighted by Gasteiger charge is 2.25. The molecule has 2 aliphatic heterocycles. The summed E-state index contributed by atoms with van der Waals surface area (Å²) in [7, 11) is 0. The third-order valence-electron chi connectivity index (χ3n) is 3.94. The van der Waals surface area contributed by atoms with Crippen LogP contribution in [0.1, 0.15) is 11.3 Å². The molecule has 0 bridgehead atoms. The van der Waals surface area contributed by atoms with E-state index in [1.54, 1.807) is 0 Å². The first-order valence-electron chi connectivity index (χ1n) is 7.15. The molecule has 0 spiro atoms. The Bertz CT molecular complexity index is 743. The second-order valence-corrected chi connectivity index (χ2v) is 5.60. The minimum Gasteiger partial charge on any atom is -0.490 e. The summed E-state index contributed by atoms with van der Waals surface area (Å²) in [6.07, 6.45) is 0.959. The highest BCUT2D eigenvalue weighted by atomic mass is 32.1. The molecular weight excluding hydrogens is 284 g/mol. The Kier molecular flexibility index (Phi) is 3.12. The van der Waals surface area contributed by atoms with Crippen LogP contribution in [0.3, 0.4) is 0 Å². The molecule has 3 heterocycles. The Morgan fingerprint density at radius 3 is 3.14 bits per heavy atom. The fourth-order valence-electron chi connectivity index (χ4n) is 2.97. The summed E-state index contributed by atoms with van der Waals surface area (Å²) in [6, 6.07) is 8.08. The molecule has 6 heteroatoms. The van der Waals surface area contributed by atoms with Crippen LogP contribution in [0, 0.1) is 4.77 Å². The number of rotatable bonds is 1. The Morgan fingerprint density at radius 2 is 2.19 bits per heavy atom. The average molecular weight is 300 g/mol. The lowest BCUT2D eigenvalue weighted by atomic mass is 10.1. The highest BCUT2D eigenvalue weighted by molar-refractivity contribution is 7.71. The van der Waals surface area contributed by atoms with Crippen molar-refractivity contribution < 1.29 is 4.74 Å². The lowest BCUT2D eigenvalue weighted by Crippen LogP contribution is -2.33. The van der Waals surface area contributed by atoms with Gasteiger partial charge in [-0.1, -0.05) is 12.1 Å². The van der Waals surface area contributed by atoms with Gasteiger partial charge >= 0.3 is 0 Å². The molecule has 108 valence electrons. The van der Waals surface area contributed by atoms with Crippen LogP contribution in [0.2, 0.25) is 0 Å². The highest BCUT2D eigenvalue weighted by Crippen LogP contribution is 2.37. The molecule has 1 aromatic heterocycles. The summed E-state index contributed by atoms with van der Waals surface area (Å²) in [5.74, 6) is 1.86. The molecule has 0 radical (unpaired) electrons. The predicted octanol–water partition coefficient (Wildman–Crippen LogP) is 2.32. The third-order valence-corrected chi connectivity index (χ3v) is 4.13. The molecule has 1 aromatic carbocycles. The number of fused-ring (bicyclic) bond motifs is 2. The molecule has 0 aliphatic carbocycles. The molecule has 2 aromatic rings. The van der Waals surface area contributed by atoms with E-state index < -0.39 is 0 Å². The van der Waals surface area contributed by atoms with Gasteiger partial charge in [0.2, 0.25) is 0 Å².